The molecule has 2 aromatic carbocycles. The number of ether oxygens (including phenoxy) is 4. The fraction of sp³-hybridized carbons (Fsp3) is 0.238. The number of halogens is 1. The Labute approximate surface area is 178 Å². The fourth-order valence-corrected chi connectivity index (χ4v) is 2.98. The summed E-state index contributed by atoms with van der Waals surface area (Å²) >= 11 is 3.45. The SMILES string of the molecule is C=CCOc1c(Br)cc(/C=N/NC(=O)c2ccc(OCC)c(OC)c2)cc1OC. The summed E-state index contributed by atoms with van der Waals surface area (Å²) in [5.41, 5.74) is 3.60. The molecule has 0 radical (unpaired) electrons. The van der Waals surface area contributed by atoms with Gasteiger partial charge in [-0.1, -0.05) is 12.7 Å². The second-order valence-electron chi connectivity index (χ2n) is 5.63. The van der Waals surface area contributed by atoms with Gasteiger partial charge in [0.2, 0.25) is 0 Å². The van der Waals surface area contributed by atoms with Crippen LogP contribution in [0.2, 0.25) is 0 Å². The summed E-state index contributed by atoms with van der Waals surface area (Å²) in [6, 6.07) is 8.48. The van der Waals surface area contributed by atoms with E-state index in [-0.39, 0.29) is 5.91 Å². The Kier molecular flexibility index (Phi) is 8.54. The van der Waals surface area contributed by atoms with Gasteiger partial charge in [0.15, 0.2) is 23.0 Å². The number of nitrogens with zero attached hydrogens (tertiary/aromatic N) is 1. The molecule has 0 aliphatic heterocycles. The van der Waals surface area contributed by atoms with Crippen LogP contribution in [0.5, 0.6) is 23.0 Å². The minimum Gasteiger partial charge on any atom is -0.493 e. The quantitative estimate of drug-likeness (QED) is 0.325. The molecule has 154 valence electrons. The Balaban J connectivity index is 2.12. The van der Waals surface area contributed by atoms with Gasteiger partial charge in [-0.2, -0.15) is 5.10 Å². The van der Waals surface area contributed by atoms with Gasteiger partial charge in [-0.3, -0.25) is 4.79 Å². The first-order valence-electron chi connectivity index (χ1n) is 8.79. The summed E-state index contributed by atoms with van der Waals surface area (Å²) < 4.78 is 22.3. The second kappa shape index (κ2) is 11.1. The number of hydrogen-bond donors (Lipinski definition) is 1. The van der Waals surface area contributed by atoms with Crippen LogP contribution in [-0.2, 0) is 0 Å². The number of benzene rings is 2. The fourth-order valence-electron chi connectivity index (χ4n) is 2.41. The molecule has 7 nitrogen and oxygen atoms in total. The number of carbonyl (C=O) groups excluding carboxylic acids is 1. The van der Waals surface area contributed by atoms with E-state index < -0.39 is 0 Å². The van der Waals surface area contributed by atoms with Crippen molar-refractivity contribution in [2.75, 3.05) is 27.4 Å². The molecule has 0 aromatic heterocycles. The molecular weight excluding hydrogens is 440 g/mol. The molecule has 0 heterocycles. The highest BCUT2D eigenvalue weighted by Crippen LogP contribution is 2.36. The normalized spacial score (nSPS) is 10.5. The molecule has 1 amide bonds. The van der Waals surface area contributed by atoms with Crippen LogP contribution in [0.4, 0.5) is 0 Å². The van der Waals surface area contributed by atoms with Gasteiger partial charge >= 0.3 is 0 Å². The first-order valence-corrected chi connectivity index (χ1v) is 9.58. The highest BCUT2D eigenvalue weighted by molar-refractivity contribution is 9.10. The first kappa shape index (κ1) is 22.3. The first-order chi connectivity index (χ1) is 14.0. The van der Waals surface area contributed by atoms with Crippen LogP contribution in [0, 0.1) is 0 Å². The molecule has 0 spiro atoms. The van der Waals surface area contributed by atoms with Crippen molar-refractivity contribution in [2.24, 2.45) is 5.10 Å². The van der Waals surface area contributed by atoms with Gasteiger partial charge in [-0.05, 0) is 58.7 Å². The lowest BCUT2D eigenvalue weighted by molar-refractivity contribution is 0.0954. The van der Waals surface area contributed by atoms with E-state index in [1.54, 1.807) is 43.5 Å². The minimum absolute atomic E-state index is 0.351. The molecule has 0 fully saturated rings. The molecule has 2 rings (SSSR count). The number of amides is 1. The van der Waals surface area contributed by atoms with E-state index in [1.807, 2.05) is 6.92 Å². The zero-order chi connectivity index (χ0) is 21.2. The largest absolute Gasteiger partial charge is 0.493 e. The van der Waals surface area contributed by atoms with Crippen LogP contribution in [-0.4, -0.2) is 39.6 Å². The number of hydrazone groups is 1. The Hall–Kier alpha value is -3.00. The maximum atomic E-state index is 12.4. The molecule has 0 aliphatic carbocycles. The van der Waals surface area contributed by atoms with Gasteiger partial charge in [-0.25, -0.2) is 5.43 Å². The number of carbonyl (C=O) groups is 1. The second-order valence-corrected chi connectivity index (χ2v) is 6.49. The minimum atomic E-state index is -0.375. The van der Waals surface area contributed by atoms with Gasteiger partial charge in [0.25, 0.3) is 5.91 Å². The third kappa shape index (κ3) is 5.99. The molecule has 8 heteroatoms. The summed E-state index contributed by atoms with van der Waals surface area (Å²) in [7, 11) is 3.07. The van der Waals surface area contributed by atoms with Gasteiger partial charge in [0.1, 0.15) is 6.61 Å². The van der Waals surface area contributed by atoms with E-state index in [0.29, 0.717) is 51.8 Å². The Morgan fingerprint density at radius 2 is 1.90 bits per heavy atom. The van der Waals surface area contributed by atoms with Crippen LogP contribution in [0.15, 0.2) is 52.6 Å². The zero-order valence-electron chi connectivity index (χ0n) is 16.5. The number of hydrogen-bond acceptors (Lipinski definition) is 6. The topological polar surface area (TPSA) is 78.4 Å². The van der Waals surface area contributed by atoms with Crippen LogP contribution < -0.4 is 24.4 Å². The average Bonchev–Trinajstić information content (AvgIpc) is 2.73. The highest BCUT2D eigenvalue weighted by atomic mass is 79.9. The van der Waals surface area contributed by atoms with E-state index in [0.717, 1.165) is 0 Å². The van der Waals surface area contributed by atoms with Crippen molar-refractivity contribution in [1.29, 1.82) is 0 Å². The molecule has 2 aromatic rings. The van der Waals surface area contributed by atoms with Crippen molar-refractivity contribution in [3.05, 3.63) is 58.6 Å². The predicted molar refractivity (Wildman–Crippen MR) is 116 cm³/mol. The van der Waals surface area contributed by atoms with Crippen molar-refractivity contribution in [2.45, 2.75) is 6.92 Å². The Morgan fingerprint density at radius 3 is 2.55 bits per heavy atom. The standard InChI is InChI=1S/C21H23BrN2O5/c1-5-9-29-20-16(22)10-14(11-19(20)27-4)13-23-24-21(25)15-7-8-17(28-6-2)18(12-15)26-3/h5,7-8,10-13H,1,6,9H2,2-4H3,(H,24,25)/b23-13+. The van der Waals surface area contributed by atoms with E-state index in [4.69, 9.17) is 18.9 Å². The van der Waals surface area contributed by atoms with Gasteiger partial charge < -0.3 is 18.9 Å². The summed E-state index contributed by atoms with van der Waals surface area (Å²) in [6.07, 6.45) is 3.15. The van der Waals surface area contributed by atoms with Crippen molar-refractivity contribution in [3.63, 3.8) is 0 Å². The third-order valence-electron chi connectivity index (χ3n) is 3.70. The zero-order valence-corrected chi connectivity index (χ0v) is 18.1. The predicted octanol–water partition coefficient (Wildman–Crippen LogP) is 4.19. The maximum Gasteiger partial charge on any atom is 0.271 e. The summed E-state index contributed by atoms with van der Waals surface area (Å²) in [5.74, 6) is 1.78. The average molecular weight is 463 g/mol. The molecule has 0 aliphatic rings. The molecule has 0 saturated carbocycles. The van der Waals surface area contributed by atoms with Gasteiger partial charge in [-0.15, -0.1) is 0 Å². The smallest absolute Gasteiger partial charge is 0.271 e. The Bertz CT molecular complexity index is 899. The highest BCUT2D eigenvalue weighted by Gasteiger charge is 2.12. The monoisotopic (exact) mass is 462 g/mol. The molecule has 0 atom stereocenters. The van der Waals surface area contributed by atoms with Gasteiger partial charge in [0, 0.05) is 5.56 Å². The van der Waals surface area contributed by atoms with Gasteiger partial charge in [0.05, 0.1) is 31.5 Å². The molecule has 29 heavy (non-hydrogen) atoms. The van der Waals surface area contributed by atoms with E-state index in [2.05, 4.69) is 33.0 Å². The lowest BCUT2D eigenvalue weighted by Crippen LogP contribution is -2.17. The van der Waals surface area contributed by atoms with Crippen molar-refractivity contribution < 1.29 is 23.7 Å². The Morgan fingerprint density at radius 1 is 1.14 bits per heavy atom. The summed E-state index contributed by atoms with van der Waals surface area (Å²) in [6.45, 7) is 6.36. The summed E-state index contributed by atoms with van der Waals surface area (Å²) in [5, 5.41) is 4.01. The van der Waals surface area contributed by atoms with Crippen LogP contribution >= 0.6 is 15.9 Å². The van der Waals surface area contributed by atoms with E-state index in [9.17, 15) is 4.79 Å². The van der Waals surface area contributed by atoms with Crippen molar-refractivity contribution in [1.82, 2.24) is 5.43 Å². The lowest BCUT2D eigenvalue weighted by Gasteiger charge is -2.12. The molecular formula is C21H23BrN2O5. The lowest BCUT2D eigenvalue weighted by atomic mass is 10.2. The summed E-state index contributed by atoms with van der Waals surface area (Å²) in [4.78, 5) is 12.4. The van der Waals surface area contributed by atoms with E-state index >= 15 is 0 Å². The van der Waals surface area contributed by atoms with Crippen LogP contribution in [0.25, 0.3) is 0 Å². The number of nitrogens with one attached hydrogen (secondary N) is 1. The maximum absolute atomic E-state index is 12.4. The van der Waals surface area contributed by atoms with Crippen LogP contribution in [0.3, 0.4) is 0 Å². The molecule has 0 unspecified atom stereocenters. The molecule has 1 N–H and O–H groups in total. The number of rotatable bonds is 10. The van der Waals surface area contributed by atoms with E-state index in [1.165, 1.54) is 13.3 Å². The van der Waals surface area contributed by atoms with Crippen molar-refractivity contribution in [3.8, 4) is 23.0 Å². The molecule has 0 bridgehead atoms. The number of methoxy groups -OCH3 is 2. The third-order valence-corrected chi connectivity index (χ3v) is 4.29. The van der Waals surface area contributed by atoms with Crippen LogP contribution in [0.1, 0.15) is 22.8 Å². The molecule has 0 saturated heterocycles. The van der Waals surface area contributed by atoms with Crippen molar-refractivity contribution >= 4 is 28.1 Å².